The van der Waals surface area contributed by atoms with Gasteiger partial charge in [-0.3, -0.25) is 14.6 Å². The number of hydrogen-bond acceptors (Lipinski definition) is 9. The molecule has 2 amide bonds. The normalized spacial score (nSPS) is 18.2. The summed E-state index contributed by atoms with van der Waals surface area (Å²) in [7, 11) is 0. The van der Waals surface area contributed by atoms with E-state index in [1.165, 1.54) is 30.4 Å². The number of fused-ring (bicyclic) bond motifs is 1. The molecule has 11 nitrogen and oxygen atoms in total. The van der Waals surface area contributed by atoms with Crippen molar-refractivity contribution in [2.24, 2.45) is 10.3 Å². The number of anilines is 1. The molecular formula is C33H46N6O5. The van der Waals surface area contributed by atoms with Gasteiger partial charge >= 0.3 is 0 Å². The zero-order valence-electron chi connectivity index (χ0n) is 25.8. The van der Waals surface area contributed by atoms with Gasteiger partial charge in [0.15, 0.2) is 12.4 Å². The molecule has 0 radical (unpaired) electrons. The highest BCUT2D eigenvalue weighted by molar-refractivity contribution is 5.97. The van der Waals surface area contributed by atoms with E-state index in [2.05, 4.69) is 57.1 Å². The number of phenols is 1. The Hall–Kier alpha value is -3.70. The predicted octanol–water partition coefficient (Wildman–Crippen LogP) is 4.41. The molecule has 3 aliphatic rings. The second-order valence-electron chi connectivity index (χ2n) is 11.7. The van der Waals surface area contributed by atoms with Crippen LogP contribution in [0.2, 0.25) is 0 Å². The zero-order chi connectivity index (χ0) is 30.7. The zero-order valence-corrected chi connectivity index (χ0v) is 25.8. The number of nitrogens with zero attached hydrogens (tertiary/aromatic N) is 4. The fraction of sp³-hybridized carbons (Fsp3) is 0.576. The van der Waals surface area contributed by atoms with E-state index >= 15 is 0 Å². The maximum Gasteiger partial charge on any atom is 0.262 e. The lowest BCUT2D eigenvalue weighted by atomic mass is 9.94. The first-order chi connectivity index (χ1) is 21.5. The molecule has 1 fully saturated rings. The van der Waals surface area contributed by atoms with Gasteiger partial charge in [0.25, 0.3) is 5.91 Å². The minimum Gasteiger partial charge on any atom is -0.506 e. The molecule has 238 valence electrons. The summed E-state index contributed by atoms with van der Waals surface area (Å²) < 4.78 is 11.5. The number of likely N-dealkylation sites (N-methyl/N-ethyl adjacent to an activating group) is 1. The molecule has 2 aliphatic heterocycles. The number of benzene rings is 2. The Morgan fingerprint density at radius 1 is 1.16 bits per heavy atom. The van der Waals surface area contributed by atoms with Gasteiger partial charge < -0.3 is 30.1 Å². The smallest absolute Gasteiger partial charge is 0.262 e. The van der Waals surface area contributed by atoms with Gasteiger partial charge in [-0.05, 0) is 61.9 Å². The summed E-state index contributed by atoms with van der Waals surface area (Å²) in [5.74, 6) is 0.411. The van der Waals surface area contributed by atoms with Crippen molar-refractivity contribution in [3.63, 3.8) is 0 Å². The second-order valence-corrected chi connectivity index (χ2v) is 11.7. The maximum atomic E-state index is 13.3. The molecule has 2 aromatic rings. The van der Waals surface area contributed by atoms with E-state index in [0.717, 1.165) is 37.9 Å². The third kappa shape index (κ3) is 8.47. The summed E-state index contributed by atoms with van der Waals surface area (Å²) in [5, 5.41) is 26.8. The quantitative estimate of drug-likeness (QED) is 0.202. The average molecular weight is 607 g/mol. The predicted molar refractivity (Wildman–Crippen MR) is 168 cm³/mol. The number of hydrogen-bond donors (Lipinski definition) is 3. The standard InChI is InChI=1S/C33H46N6O5/c1-2-38-22-28(36-37-38)26-8-6-7-24(21-26)14-19-43-20-15-31(42)39(27-9-4-3-5-10-27)18-17-34-16-13-25-11-12-29(40)32-33(25)44-23-30(41)35-32/h6-8,11-12,21,27-28,34,40H,2-5,9-10,13-20,22-23H2,1H3,(H,35,41). The lowest BCUT2D eigenvalue weighted by molar-refractivity contribution is -0.135. The molecule has 1 unspecified atom stereocenters. The Balaban J connectivity index is 1.04. The van der Waals surface area contributed by atoms with Gasteiger partial charge in [-0.1, -0.05) is 54.8 Å². The highest BCUT2D eigenvalue weighted by Crippen LogP contribution is 2.39. The molecule has 1 atom stereocenters. The number of rotatable bonds is 15. The molecule has 2 aromatic carbocycles. The maximum absolute atomic E-state index is 13.3. The highest BCUT2D eigenvalue weighted by atomic mass is 16.5. The van der Waals surface area contributed by atoms with Crippen LogP contribution in [0.25, 0.3) is 0 Å². The molecule has 0 aromatic heterocycles. The third-order valence-electron chi connectivity index (χ3n) is 8.66. The van der Waals surface area contributed by atoms with Crippen LogP contribution in [0.5, 0.6) is 11.5 Å². The number of aromatic hydroxyl groups is 1. The molecule has 2 heterocycles. The van der Waals surface area contributed by atoms with Crippen molar-refractivity contribution in [1.29, 1.82) is 0 Å². The Morgan fingerprint density at radius 2 is 2.02 bits per heavy atom. The van der Waals surface area contributed by atoms with Crippen molar-refractivity contribution in [2.75, 3.05) is 57.9 Å². The lowest BCUT2D eigenvalue weighted by Crippen LogP contribution is -2.45. The molecule has 1 aliphatic carbocycles. The van der Waals surface area contributed by atoms with Gasteiger partial charge in [0.05, 0.1) is 26.2 Å². The summed E-state index contributed by atoms with van der Waals surface area (Å²) in [6, 6.07) is 12.3. The second kappa shape index (κ2) is 15.9. The van der Waals surface area contributed by atoms with Crippen LogP contribution in [0.1, 0.15) is 68.2 Å². The Labute approximate surface area is 260 Å². The van der Waals surface area contributed by atoms with Gasteiger partial charge in [0, 0.05) is 25.7 Å². The number of nitrogens with one attached hydrogen (secondary N) is 2. The molecule has 1 saturated carbocycles. The van der Waals surface area contributed by atoms with Crippen LogP contribution in [0, 0.1) is 0 Å². The molecular weight excluding hydrogens is 560 g/mol. The molecule has 11 heteroatoms. The van der Waals surface area contributed by atoms with Gasteiger partial charge in [-0.2, -0.15) is 5.11 Å². The van der Waals surface area contributed by atoms with Crippen LogP contribution in [-0.2, 0) is 27.2 Å². The fourth-order valence-electron chi connectivity index (χ4n) is 6.19. The molecule has 0 spiro atoms. The van der Waals surface area contributed by atoms with E-state index < -0.39 is 0 Å². The number of ether oxygens (including phenoxy) is 2. The van der Waals surface area contributed by atoms with E-state index in [-0.39, 0.29) is 30.2 Å². The highest BCUT2D eigenvalue weighted by Gasteiger charge is 2.26. The van der Waals surface area contributed by atoms with E-state index in [1.54, 1.807) is 6.07 Å². The van der Waals surface area contributed by atoms with Crippen molar-refractivity contribution in [2.45, 2.75) is 70.4 Å². The Morgan fingerprint density at radius 3 is 2.84 bits per heavy atom. The van der Waals surface area contributed by atoms with Crippen LogP contribution in [0.3, 0.4) is 0 Å². The summed E-state index contributed by atoms with van der Waals surface area (Å²) in [5.41, 5.74) is 3.64. The molecule has 0 bridgehead atoms. The topological polar surface area (TPSA) is 128 Å². The summed E-state index contributed by atoms with van der Waals surface area (Å²) in [6.07, 6.45) is 7.53. The van der Waals surface area contributed by atoms with E-state index in [0.29, 0.717) is 63.2 Å². The van der Waals surface area contributed by atoms with Crippen LogP contribution >= 0.6 is 0 Å². The average Bonchev–Trinajstić information content (AvgIpc) is 3.54. The van der Waals surface area contributed by atoms with Crippen molar-refractivity contribution in [3.8, 4) is 11.5 Å². The van der Waals surface area contributed by atoms with Crippen molar-refractivity contribution in [3.05, 3.63) is 53.1 Å². The largest absolute Gasteiger partial charge is 0.506 e. The minimum absolute atomic E-state index is 0.000442. The fourth-order valence-corrected chi connectivity index (χ4v) is 6.19. The molecule has 3 N–H and O–H groups in total. The van der Waals surface area contributed by atoms with Crippen molar-refractivity contribution in [1.82, 2.24) is 15.2 Å². The Bertz CT molecular complexity index is 1300. The van der Waals surface area contributed by atoms with Gasteiger partial charge in [-0.25, -0.2) is 0 Å². The van der Waals surface area contributed by atoms with Crippen molar-refractivity contribution < 1.29 is 24.2 Å². The number of amides is 2. The monoisotopic (exact) mass is 606 g/mol. The van der Waals surface area contributed by atoms with E-state index in [4.69, 9.17) is 9.47 Å². The van der Waals surface area contributed by atoms with Crippen LogP contribution in [0.4, 0.5) is 5.69 Å². The first kappa shape index (κ1) is 31.7. The van der Waals surface area contributed by atoms with Gasteiger partial charge in [-0.15, -0.1) is 0 Å². The van der Waals surface area contributed by atoms with Crippen molar-refractivity contribution >= 4 is 17.5 Å². The van der Waals surface area contributed by atoms with E-state index in [9.17, 15) is 14.7 Å². The Kier molecular flexibility index (Phi) is 11.4. The SMILES string of the molecule is CCN1CC(c2cccc(CCOCCC(=O)N(CCNCCc3ccc(O)c4c3OCC(=O)N4)C3CCCCC3)c2)N=N1. The van der Waals surface area contributed by atoms with Crippen LogP contribution in [0.15, 0.2) is 46.7 Å². The summed E-state index contributed by atoms with van der Waals surface area (Å²) in [6.45, 7) is 6.73. The molecule has 44 heavy (non-hydrogen) atoms. The lowest BCUT2D eigenvalue weighted by Gasteiger charge is -2.34. The molecule has 5 rings (SSSR count). The number of carbonyl (C=O) groups is 2. The van der Waals surface area contributed by atoms with Crippen LogP contribution < -0.4 is 15.4 Å². The summed E-state index contributed by atoms with van der Waals surface area (Å²) in [4.78, 5) is 27.1. The summed E-state index contributed by atoms with van der Waals surface area (Å²) >= 11 is 0. The molecule has 0 saturated heterocycles. The third-order valence-corrected chi connectivity index (χ3v) is 8.66. The van der Waals surface area contributed by atoms with Crippen LogP contribution in [-0.4, -0.2) is 85.4 Å². The number of phenolic OH excluding ortho intramolecular Hbond substituents is 1. The van der Waals surface area contributed by atoms with E-state index in [1.807, 2.05) is 11.1 Å². The number of carbonyl (C=O) groups excluding carboxylic acids is 2. The minimum atomic E-state index is -0.275. The first-order valence-corrected chi connectivity index (χ1v) is 16.1. The van der Waals surface area contributed by atoms with Gasteiger partial charge in [0.1, 0.15) is 17.5 Å². The van der Waals surface area contributed by atoms with Gasteiger partial charge in [0.2, 0.25) is 5.91 Å². The first-order valence-electron chi connectivity index (χ1n) is 16.1.